The second-order valence-electron chi connectivity index (χ2n) is 6.92. The van der Waals surface area contributed by atoms with Crippen LogP contribution in [0, 0.1) is 10.1 Å². The molecule has 146 valence electrons. The van der Waals surface area contributed by atoms with E-state index in [1.165, 1.54) is 0 Å². The van der Waals surface area contributed by atoms with E-state index in [2.05, 4.69) is 5.32 Å². The topological polar surface area (TPSA) is 84.6 Å². The number of benzene rings is 2. The maximum Gasteiger partial charge on any atom is 0.314 e. The Morgan fingerprint density at radius 3 is 2.59 bits per heavy atom. The van der Waals surface area contributed by atoms with Gasteiger partial charge in [-0.15, -0.1) is 12.4 Å². The van der Waals surface area contributed by atoms with Gasteiger partial charge in [0.05, 0.1) is 11.0 Å². The molecule has 0 fully saturated rings. The molecule has 0 saturated heterocycles. The third-order valence-corrected chi connectivity index (χ3v) is 4.65. The van der Waals surface area contributed by atoms with Crippen molar-refractivity contribution in [2.75, 3.05) is 0 Å². The largest absolute Gasteiger partial charge is 0.482 e. The van der Waals surface area contributed by atoms with Crippen LogP contribution in [0.2, 0.25) is 0 Å². The molecule has 0 bridgehead atoms. The highest BCUT2D eigenvalue weighted by Crippen LogP contribution is 2.41. The van der Waals surface area contributed by atoms with Gasteiger partial charge in [0.2, 0.25) is 0 Å². The number of halogens is 1. The molecule has 1 aliphatic rings. The number of nitro benzene ring substituents is 1. The van der Waals surface area contributed by atoms with Crippen LogP contribution in [-0.4, -0.2) is 22.1 Å². The Balaban J connectivity index is 0.00000261. The van der Waals surface area contributed by atoms with Crippen molar-refractivity contribution in [2.24, 2.45) is 0 Å². The van der Waals surface area contributed by atoms with E-state index in [4.69, 9.17) is 4.74 Å². The van der Waals surface area contributed by atoms with E-state index in [9.17, 15) is 15.2 Å². The molecular weight excluding hydrogens is 368 g/mol. The summed E-state index contributed by atoms with van der Waals surface area (Å²) in [6.45, 7) is 4.30. The third kappa shape index (κ3) is 4.77. The van der Waals surface area contributed by atoms with Crippen molar-refractivity contribution in [3.8, 4) is 5.75 Å². The Labute approximate surface area is 165 Å². The minimum absolute atomic E-state index is 0. The van der Waals surface area contributed by atoms with Crippen LogP contribution in [0.4, 0.5) is 5.69 Å². The van der Waals surface area contributed by atoms with Gasteiger partial charge in [0, 0.05) is 17.6 Å². The van der Waals surface area contributed by atoms with Crippen molar-refractivity contribution in [3.63, 3.8) is 0 Å². The number of nitrogens with zero attached hydrogens (tertiary/aromatic N) is 1. The number of ether oxygens (including phenoxy) is 1. The Morgan fingerprint density at radius 2 is 1.96 bits per heavy atom. The summed E-state index contributed by atoms with van der Waals surface area (Å²) in [5.41, 5.74) is 2.12. The highest BCUT2D eigenvalue weighted by Gasteiger charge is 2.34. The highest BCUT2D eigenvalue weighted by molar-refractivity contribution is 5.85. The second kappa shape index (κ2) is 9.17. The van der Waals surface area contributed by atoms with E-state index in [0.717, 1.165) is 5.56 Å². The average Bonchev–Trinajstić information content (AvgIpc) is 2.62. The van der Waals surface area contributed by atoms with Crippen LogP contribution in [0.5, 0.6) is 5.75 Å². The lowest BCUT2D eigenvalue weighted by Gasteiger charge is -2.32. The summed E-state index contributed by atoms with van der Waals surface area (Å²) in [7, 11) is 0. The van der Waals surface area contributed by atoms with Gasteiger partial charge in [-0.3, -0.25) is 10.1 Å². The van der Waals surface area contributed by atoms with Crippen molar-refractivity contribution in [3.05, 3.63) is 69.3 Å². The van der Waals surface area contributed by atoms with E-state index in [-0.39, 0.29) is 42.5 Å². The standard InChI is InChI=1S/C20H24N2O4.ClH/c1-13(2)21-17-10-8-15-16(20(17)23)9-11-18(19(15)22(24)25)26-12-14-6-4-3-5-7-14;/h3-7,9,11,13,17,20-21,23H,8,10,12H2,1-2H3;1H/t17-,20-;/m1./s1. The van der Waals surface area contributed by atoms with Gasteiger partial charge >= 0.3 is 5.69 Å². The molecule has 7 heteroatoms. The van der Waals surface area contributed by atoms with E-state index in [1.807, 2.05) is 44.2 Å². The van der Waals surface area contributed by atoms with Crippen LogP contribution >= 0.6 is 12.4 Å². The van der Waals surface area contributed by atoms with Crippen LogP contribution in [0.25, 0.3) is 0 Å². The van der Waals surface area contributed by atoms with Gasteiger partial charge in [-0.1, -0.05) is 50.2 Å². The van der Waals surface area contributed by atoms with Crippen LogP contribution in [0.1, 0.15) is 43.1 Å². The molecule has 0 amide bonds. The number of hydrogen-bond acceptors (Lipinski definition) is 5. The molecule has 0 unspecified atom stereocenters. The lowest BCUT2D eigenvalue weighted by atomic mass is 9.84. The second-order valence-corrected chi connectivity index (χ2v) is 6.92. The lowest BCUT2D eigenvalue weighted by Crippen LogP contribution is -2.42. The van der Waals surface area contributed by atoms with E-state index >= 15 is 0 Å². The molecular formula is C20H25ClN2O4. The predicted molar refractivity (Wildman–Crippen MR) is 106 cm³/mol. The summed E-state index contributed by atoms with van der Waals surface area (Å²) in [6.07, 6.45) is 0.424. The summed E-state index contributed by atoms with van der Waals surface area (Å²) in [6, 6.07) is 13.0. The lowest BCUT2D eigenvalue weighted by molar-refractivity contribution is -0.386. The molecule has 0 saturated carbocycles. The average molecular weight is 393 g/mol. The molecule has 1 aliphatic carbocycles. The molecule has 2 atom stereocenters. The molecule has 27 heavy (non-hydrogen) atoms. The molecule has 0 aliphatic heterocycles. The first-order valence-corrected chi connectivity index (χ1v) is 8.88. The monoisotopic (exact) mass is 392 g/mol. The molecule has 2 N–H and O–H groups in total. The van der Waals surface area contributed by atoms with Crippen LogP contribution in [0.15, 0.2) is 42.5 Å². The summed E-state index contributed by atoms with van der Waals surface area (Å²) >= 11 is 0. The zero-order chi connectivity index (χ0) is 18.7. The van der Waals surface area contributed by atoms with E-state index < -0.39 is 11.0 Å². The molecule has 6 nitrogen and oxygen atoms in total. The number of rotatable bonds is 6. The van der Waals surface area contributed by atoms with E-state index in [1.54, 1.807) is 12.1 Å². The van der Waals surface area contributed by atoms with Crippen LogP contribution in [0.3, 0.4) is 0 Å². The Hall–Kier alpha value is -2.15. The number of nitrogens with one attached hydrogen (secondary N) is 1. The van der Waals surface area contributed by atoms with Crippen molar-refractivity contribution >= 4 is 18.1 Å². The van der Waals surface area contributed by atoms with Crippen molar-refractivity contribution in [1.82, 2.24) is 5.32 Å². The molecule has 2 aromatic rings. The minimum atomic E-state index is -0.761. The summed E-state index contributed by atoms with van der Waals surface area (Å²) in [4.78, 5) is 11.3. The number of fused-ring (bicyclic) bond motifs is 1. The Bertz CT molecular complexity index is 783. The number of nitro groups is 1. The molecule has 0 spiro atoms. The number of aliphatic hydroxyl groups excluding tert-OH is 1. The molecule has 2 aromatic carbocycles. The number of hydrogen-bond donors (Lipinski definition) is 2. The van der Waals surface area contributed by atoms with Gasteiger partial charge < -0.3 is 15.2 Å². The zero-order valence-corrected chi connectivity index (χ0v) is 16.2. The Kier molecular flexibility index (Phi) is 7.18. The van der Waals surface area contributed by atoms with Crippen molar-refractivity contribution in [2.45, 2.75) is 51.5 Å². The first-order chi connectivity index (χ1) is 12.5. The first-order valence-electron chi connectivity index (χ1n) is 8.88. The fraction of sp³-hybridized carbons (Fsp3) is 0.400. The van der Waals surface area contributed by atoms with Crippen LogP contribution < -0.4 is 10.1 Å². The zero-order valence-electron chi connectivity index (χ0n) is 15.4. The fourth-order valence-electron chi connectivity index (χ4n) is 3.50. The van der Waals surface area contributed by atoms with Gasteiger partial charge in [0.15, 0.2) is 5.75 Å². The summed E-state index contributed by atoms with van der Waals surface area (Å²) in [5, 5.41) is 25.7. The van der Waals surface area contributed by atoms with Gasteiger partial charge in [-0.25, -0.2) is 0 Å². The number of aliphatic hydroxyl groups is 1. The van der Waals surface area contributed by atoms with Crippen molar-refractivity contribution < 1.29 is 14.8 Å². The fourth-order valence-corrected chi connectivity index (χ4v) is 3.50. The maximum atomic E-state index is 11.7. The Morgan fingerprint density at radius 1 is 1.26 bits per heavy atom. The van der Waals surface area contributed by atoms with E-state index in [0.29, 0.717) is 24.0 Å². The molecule has 0 heterocycles. The third-order valence-electron chi connectivity index (χ3n) is 4.65. The smallest absolute Gasteiger partial charge is 0.314 e. The van der Waals surface area contributed by atoms with Gasteiger partial charge in [-0.2, -0.15) is 0 Å². The van der Waals surface area contributed by atoms with Gasteiger partial charge in [0.25, 0.3) is 0 Å². The first kappa shape index (κ1) is 21.2. The quantitative estimate of drug-likeness (QED) is 0.574. The normalized spacial score (nSPS) is 18.5. The minimum Gasteiger partial charge on any atom is -0.482 e. The summed E-state index contributed by atoms with van der Waals surface area (Å²) in [5.74, 6) is 0.250. The van der Waals surface area contributed by atoms with Crippen LogP contribution in [-0.2, 0) is 13.0 Å². The highest BCUT2D eigenvalue weighted by atomic mass is 35.5. The predicted octanol–water partition coefficient (Wildman–Crippen LogP) is 3.94. The molecule has 0 radical (unpaired) electrons. The van der Waals surface area contributed by atoms with Gasteiger partial charge in [-0.05, 0) is 30.0 Å². The maximum absolute atomic E-state index is 11.7. The van der Waals surface area contributed by atoms with Gasteiger partial charge in [0.1, 0.15) is 6.61 Å². The molecule has 0 aromatic heterocycles. The van der Waals surface area contributed by atoms with Crippen molar-refractivity contribution in [1.29, 1.82) is 0 Å². The SMILES string of the molecule is CC(C)N[C@@H]1CCc2c(ccc(OCc3ccccc3)c2[N+](=O)[O-])[C@H]1O.Cl. The molecule has 3 rings (SSSR count). The summed E-state index contributed by atoms with van der Waals surface area (Å²) < 4.78 is 5.74.